The van der Waals surface area contributed by atoms with Crippen molar-refractivity contribution in [1.29, 1.82) is 5.26 Å². The van der Waals surface area contributed by atoms with E-state index in [1.54, 1.807) is 0 Å². The van der Waals surface area contributed by atoms with Gasteiger partial charge in [0.1, 0.15) is 16.7 Å². The van der Waals surface area contributed by atoms with Gasteiger partial charge in [0.05, 0.1) is 34.9 Å². The molecule has 0 radical (unpaired) electrons. The number of rotatable bonds is 2. The van der Waals surface area contributed by atoms with Crippen molar-refractivity contribution in [1.82, 2.24) is 4.57 Å². The Morgan fingerprint density at radius 2 is 1.40 bits per heavy atom. The van der Waals surface area contributed by atoms with E-state index in [1.165, 1.54) is 0 Å². The average molecular weight is 550 g/mol. The molecule has 0 bridgehead atoms. The SMILES string of the molecule is [C-]#[N+]c1cc(-c2cccc3oc4ccccc4c23)cc2c1oc1c(-n3c4ccccc4c4cc(C#N)ccc43)cccc12. The van der Waals surface area contributed by atoms with Gasteiger partial charge in [0.25, 0.3) is 0 Å². The first-order chi connectivity index (χ1) is 21.2. The van der Waals surface area contributed by atoms with E-state index in [0.29, 0.717) is 22.4 Å². The van der Waals surface area contributed by atoms with Crippen LogP contribution in [0, 0.1) is 17.9 Å². The number of furan rings is 2. The molecule has 0 spiro atoms. The van der Waals surface area contributed by atoms with Crippen LogP contribution in [0.2, 0.25) is 0 Å². The maximum atomic E-state index is 9.57. The summed E-state index contributed by atoms with van der Waals surface area (Å²) < 4.78 is 14.9. The molecule has 0 saturated heterocycles. The second-order valence-corrected chi connectivity index (χ2v) is 10.7. The molecular formula is C38H19N3O2. The summed E-state index contributed by atoms with van der Waals surface area (Å²) in [6.45, 7) is 8.08. The summed E-state index contributed by atoms with van der Waals surface area (Å²) >= 11 is 0. The van der Waals surface area contributed by atoms with Crippen LogP contribution in [0.5, 0.6) is 0 Å². The monoisotopic (exact) mass is 549 g/mol. The molecule has 0 aliphatic rings. The third kappa shape index (κ3) is 3.19. The van der Waals surface area contributed by atoms with E-state index in [2.05, 4.69) is 51.9 Å². The number of hydrogen-bond acceptors (Lipinski definition) is 3. The van der Waals surface area contributed by atoms with Crippen LogP contribution >= 0.6 is 0 Å². The molecule has 0 N–H and O–H groups in total. The van der Waals surface area contributed by atoms with Crippen molar-refractivity contribution in [2.75, 3.05) is 0 Å². The summed E-state index contributed by atoms with van der Waals surface area (Å²) in [5, 5.41) is 15.5. The lowest BCUT2D eigenvalue weighted by Gasteiger charge is -2.08. The standard InChI is InChI=1S/C38H19N3O2/c1-40-30-20-23(24-10-7-15-35-36(24)27-9-3-5-14-34(27)42-35)19-29-26-11-6-13-33(38(26)43-37(29)30)41-31-12-4-2-8-25(31)28-18-22(21-39)16-17-32(28)41/h2-20H. The summed E-state index contributed by atoms with van der Waals surface area (Å²) in [5.74, 6) is 0. The molecule has 9 aromatic rings. The lowest BCUT2D eigenvalue weighted by molar-refractivity contribution is 0.668. The lowest BCUT2D eigenvalue weighted by Crippen LogP contribution is -1.94. The molecule has 0 aliphatic heterocycles. The van der Waals surface area contributed by atoms with Crippen molar-refractivity contribution >= 4 is 71.4 Å². The van der Waals surface area contributed by atoms with E-state index in [4.69, 9.17) is 15.4 Å². The van der Waals surface area contributed by atoms with Crippen LogP contribution in [0.1, 0.15) is 5.56 Å². The first-order valence-corrected chi connectivity index (χ1v) is 13.9. The molecule has 0 atom stereocenters. The van der Waals surface area contributed by atoms with Gasteiger partial charge in [-0.05, 0) is 65.7 Å². The van der Waals surface area contributed by atoms with Gasteiger partial charge in [-0.25, -0.2) is 4.85 Å². The Bertz CT molecular complexity index is 2710. The summed E-state index contributed by atoms with van der Waals surface area (Å²) in [5.41, 5.74) is 8.83. The average Bonchev–Trinajstić information content (AvgIpc) is 3.73. The number of hydrogen-bond donors (Lipinski definition) is 0. The molecule has 0 aliphatic carbocycles. The lowest BCUT2D eigenvalue weighted by atomic mass is 9.97. The minimum absolute atomic E-state index is 0.459. The molecule has 198 valence electrons. The smallest absolute Gasteiger partial charge is 0.230 e. The highest BCUT2D eigenvalue weighted by Gasteiger charge is 2.21. The molecule has 43 heavy (non-hydrogen) atoms. The normalized spacial score (nSPS) is 11.7. The molecule has 3 heterocycles. The molecule has 0 amide bonds. The Morgan fingerprint density at radius 3 is 2.28 bits per heavy atom. The molecular weight excluding hydrogens is 530 g/mol. The molecule has 0 saturated carbocycles. The molecule has 5 heteroatoms. The van der Waals surface area contributed by atoms with Gasteiger partial charge in [-0.1, -0.05) is 60.7 Å². The Labute approximate surface area is 244 Å². The van der Waals surface area contributed by atoms with Crippen molar-refractivity contribution in [3.63, 3.8) is 0 Å². The first kappa shape index (κ1) is 23.4. The highest BCUT2D eigenvalue weighted by Crippen LogP contribution is 2.44. The fourth-order valence-electron chi connectivity index (χ4n) is 6.60. The maximum Gasteiger partial charge on any atom is 0.230 e. The van der Waals surface area contributed by atoms with Gasteiger partial charge in [0, 0.05) is 32.3 Å². The molecule has 0 fully saturated rings. The van der Waals surface area contributed by atoms with Gasteiger partial charge in [-0.2, -0.15) is 5.26 Å². The number of nitriles is 1. The maximum absolute atomic E-state index is 9.57. The Morgan fingerprint density at radius 1 is 0.628 bits per heavy atom. The highest BCUT2D eigenvalue weighted by molar-refractivity contribution is 6.17. The zero-order chi connectivity index (χ0) is 28.7. The fraction of sp³-hybridized carbons (Fsp3) is 0. The van der Waals surface area contributed by atoms with E-state index < -0.39 is 0 Å². The molecule has 9 rings (SSSR count). The number of benzene rings is 6. The zero-order valence-electron chi connectivity index (χ0n) is 22.6. The Kier molecular flexibility index (Phi) is 4.68. The Hall–Kier alpha value is -6.30. The van der Waals surface area contributed by atoms with Crippen LogP contribution in [-0.2, 0) is 0 Å². The van der Waals surface area contributed by atoms with Crippen LogP contribution in [-0.4, -0.2) is 4.57 Å². The van der Waals surface area contributed by atoms with E-state index in [1.807, 2.05) is 78.9 Å². The number of para-hydroxylation sites is 3. The minimum atomic E-state index is 0.459. The second-order valence-electron chi connectivity index (χ2n) is 10.7. The predicted octanol–water partition coefficient (Wildman–Crippen LogP) is 10.7. The third-order valence-corrected chi connectivity index (χ3v) is 8.43. The van der Waals surface area contributed by atoms with Crippen molar-refractivity contribution in [3.05, 3.63) is 132 Å². The highest BCUT2D eigenvalue weighted by atomic mass is 16.3. The van der Waals surface area contributed by atoms with Gasteiger partial charge in [0.15, 0.2) is 5.58 Å². The van der Waals surface area contributed by atoms with Gasteiger partial charge >= 0.3 is 0 Å². The van der Waals surface area contributed by atoms with Crippen LogP contribution < -0.4 is 0 Å². The van der Waals surface area contributed by atoms with Crippen LogP contribution in [0.25, 0.3) is 87.3 Å². The Balaban J connectivity index is 1.36. The number of nitrogens with zero attached hydrogens (tertiary/aromatic N) is 3. The third-order valence-electron chi connectivity index (χ3n) is 8.43. The van der Waals surface area contributed by atoms with Crippen molar-refractivity contribution in [3.8, 4) is 22.9 Å². The number of aromatic nitrogens is 1. The molecule has 0 unspecified atom stereocenters. The van der Waals surface area contributed by atoms with Crippen molar-refractivity contribution in [2.45, 2.75) is 0 Å². The quantitative estimate of drug-likeness (QED) is 0.202. The van der Waals surface area contributed by atoms with Crippen molar-refractivity contribution in [2.24, 2.45) is 0 Å². The van der Waals surface area contributed by atoms with Crippen molar-refractivity contribution < 1.29 is 8.83 Å². The van der Waals surface area contributed by atoms with E-state index >= 15 is 0 Å². The minimum Gasteiger partial charge on any atom is -0.465 e. The molecule has 3 aromatic heterocycles. The molecule has 6 aromatic carbocycles. The van der Waals surface area contributed by atoms with Gasteiger partial charge in [-0.15, -0.1) is 0 Å². The summed E-state index contributed by atoms with van der Waals surface area (Å²) in [6, 6.07) is 40.5. The predicted molar refractivity (Wildman–Crippen MR) is 172 cm³/mol. The van der Waals surface area contributed by atoms with Crippen LogP contribution in [0.15, 0.2) is 124 Å². The van der Waals surface area contributed by atoms with E-state index in [9.17, 15) is 5.26 Å². The van der Waals surface area contributed by atoms with Crippen LogP contribution in [0.3, 0.4) is 0 Å². The zero-order valence-corrected chi connectivity index (χ0v) is 22.6. The number of fused-ring (bicyclic) bond motifs is 9. The summed E-state index contributed by atoms with van der Waals surface area (Å²) in [6.07, 6.45) is 0. The van der Waals surface area contributed by atoms with Gasteiger partial charge < -0.3 is 13.4 Å². The fourth-order valence-corrected chi connectivity index (χ4v) is 6.60. The van der Waals surface area contributed by atoms with E-state index in [-0.39, 0.29) is 0 Å². The van der Waals surface area contributed by atoms with Gasteiger partial charge in [0.2, 0.25) is 5.69 Å². The first-order valence-electron chi connectivity index (χ1n) is 13.9. The van der Waals surface area contributed by atoms with Crippen LogP contribution in [0.4, 0.5) is 5.69 Å². The molecule has 5 nitrogen and oxygen atoms in total. The van der Waals surface area contributed by atoms with E-state index in [0.717, 1.165) is 71.3 Å². The second kappa shape index (κ2) is 8.60. The summed E-state index contributed by atoms with van der Waals surface area (Å²) in [4.78, 5) is 3.92. The topological polar surface area (TPSA) is 59.4 Å². The summed E-state index contributed by atoms with van der Waals surface area (Å²) in [7, 11) is 0. The largest absolute Gasteiger partial charge is 0.465 e. The van der Waals surface area contributed by atoms with Gasteiger partial charge in [-0.3, -0.25) is 0 Å².